The lowest BCUT2D eigenvalue weighted by atomic mass is 9.98. The van der Waals surface area contributed by atoms with Gasteiger partial charge in [-0.2, -0.15) is 0 Å². The van der Waals surface area contributed by atoms with E-state index in [-0.39, 0.29) is 0 Å². The number of aromatic amines is 1. The lowest BCUT2D eigenvalue weighted by Crippen LogP contribution is -2.30. The third kappa shape index (κ3) is 3.63. The van der Waals surface area contributed by atoms with E-state index >= 15 is 0 Å². The number of ether oxygens (including phenoxy) is 1. The Morgan fingerprint density at radius 2 is 2.25 bits per heavy atom. The van der Waals surface area contributed by atoms with Crippen LogP contribution in [-0.2, 0) is 17.7 Å². The molecule has 1 aromatic carbocycles. The Bertz CT molecular complexity index is 786. The van der Waals surface area contributed by atoms with Gasteiger partial charge in [0, 0.05) is 49.9 Å². The van der Waals surface area contributed by atoms with Gasteiger partial charge in [0.25, 0.3) is 0 Å². The van der Waals surface area contributed by atoms with Crippen molar-refractivity contribution in [2.75, 3.05) is 26.3 Å². The maximum absolute atomic E-state index is 5.84. The van der Waals surface area contributed by atoms with Gasteiger partial charge in [0.05, 0.1) is 18.9 Å². The highest BCUT2D eigenvalue weighted by Crippen LogP contribution is 2.19. The molecule has 1 fully saturated rings. The van der Waals surface area contributed by atoms with Gasteiger partial charge < -0.3 is 9.72 Å². The number of aromatic nitrogens is 3. The van der Waals surface area contributed by atoms with Crippen LogP contribution >= 0.6 is 0 Å². The predicted molar refractivity (Wildman–Crippen MR) is 93.6 cm³/mol. The van der Waals surface area contributed by atoms with Gasteiger partial charge in [-0.25, -0.2) is 0 Å². The van der Waals surface area contributed by atoms with Crippen LogP contribution in [0.5, 0.6) is 0 Å². The number of rotatable bonds is 4. The normalized spacial score (nSPS) is 19.4. The first-order valence-electron chi connectivity index (χ1n) is 8.48. The van der Waals surface area contributed by atoms with Crippen LogP contribution in [0.4, 0.5) is 0 Å². The number of H-pyrrole nitrogens is 1. The van der Waals surface area contributed by atoms with E-state index < -0.39 is 0 Å². The van der Waals surface area contributed by atoms with E-state index in [1.165, 1.54) is 16.5 Å². The topological polar surface area (TPSA) is 54.0 Å². The Hall–Kier alpha value is -2.24. The Balaban J connectivity index is 1.43. The molecule has 5 nitrogen and oxygen atoms in total. The van der Waals surface area contributed by atoms with E-state index in [9.17, 15) is 0 Å². The molecule has 4 rings (SSSR count). The van der Waals surface area contributed by atoms with Gasteiger partial charge >= 0.3 is 0 Å². The first-order valence-corrected chi connectivity index (χ1v) is 8.48. The molecule has 0 saturated carbocycles. The van der Waals surface area contributed by atoms with Gasteiger partial charge in [0.2, 0.25) is 0 Å². The Morgan fingerprint density at radius 1 is 1.25 bits per heavy atom. The fourth-order valence-electron chi connectivity index (χ4n) is 3.42. The minimum atomic E-state index is 0.501. The first-order chi connectivity index (χ1) is 11.9. The van der Waals surface area contributed by atoms with E-state index in [0.29, 0.717) is 5.92 Å². The molecule has 3 heterocycles. The van der Waals surface area contributed by atoms with Crippen molar-refractivity contribution in [3.05, 3.63) is 60.3 Å². The number of fused-ring (bicyclic) bond motifs is 1. The minimum Gasteiger partial charge on any atom is -0.380 e. The molecule has 0 radical (unpaired) electrons. The third-order valence-corrected chi connectivity index (χ3v) is 4.57. The third-order valence-electron chi connectivity index (χ3n) is 4.57. The summed E-state index contributed by atoms with van der Waals surface area (Å²) in [4.78, 5) is 14.2. The zero-order valence-corrected chi connectivity index (χ0v) is 13.7. The molecule has 0 amide bonds. The zero-order valence-electron chi connectivity index (χ0n) is 13.7. The Kier molecular flexibility index (Phi) is 4.53. The largest absolute Gasteiger partial charge is 0.380 e. The molecule has 1 atom stereocenters. The van der Waals surface area contributed by atoms with Crippen LogP contribution in [0.3, 0.4) is 0 Å². The van der Waals surface area contributed by atoms with Gasteiger partial charge in [-0.3, -0.25) is 14.9 Å². The van der Waals surface area contributed by atoms with E-state index in [1.807, 2.05) is 12.4 Å². The predicted octanol–water partition coefficient (Wildman–Crippen LogP) is 2.65. The summed E-state index contributed by atoms with van der Waals surface area (Å²) in [6, 6.07) is 8.79. The molecular weight excluding hydrogens is 300 g/mol. The van der Waals surface area contributed by atoms with Gasteiger partial charge in [-0.1, -0.05) is 6.07 Å². The number of nitrogens with one attached hydrogen (secondary N) is 1. The number of hydrogen-bond acceptors (Lipinski definition) is 4. The molecule has 124 valence electrons. The Labute approximate surface area is 141 Å². The van der Waals surface area contributed by atoms with Crippen LogP contribution in [0.1, 0.15) is 11.3 Å². The average molecular weight is 322 g/mol. The monoisotopic (exact) mass is 322 g/mol. The Morgan fingerprint density at radius 3 is 3.17 bits per heavy atom. The fraction of sp³-hybridized carbons (Fsp3) is 0.368. The average Bonchev–Trinajstić information content (AvgIpc) is 2.96. The molecule has 0 spiro atoms. The van der Waals surface area contributed by atoms with E-state index in [2.05, 4.69) is 44.1 Å². The van der Waals surface area contributed by atoms with Crippen LogP contribution < -0.4 is 0 Å². The molecule has 2 aromatic heterocycles. The summed E-state index contributed by atoms with van der Waals surface area (Å²) in [5.41, 5.74) is 3.59. The van der Waals surface area contributed by atoms with Crippen molar-refractivity contribution in [3.63, 3.8) is 0 Å². The van der Waals surface area contributed by atoms with E-state index in [1.54, 1.807) is 12.4 Å². The van der Waals surface area contributed by atoms with Crippen LogP contribution in [0, 0.1) is 5.92 Å². The second-order valence-corrected chi connectivity index (χ2v) is 6.48. The van der Waals surface area contributed by atoms with Crippen molar-refractivity contribution in [2.24, 2.45) is 5.92 Å². The highest BCUT2D eigenvalue weighted by atomic mass is 16.5. The summed E-state index contributed by atoms with van der Waals surface area (Å²) >= 11 is 0. The highest BCUT2D eigenvalue weighted by molar-refractivity contribution is 5.79. The molecule has 1 aliphatic rings. The molecule has 24 heavy (non-hydrogen) atoms. The van der Waals surface area contributed by atoms with Crippen LogP contribution in [0.25, 0.3) is 10.9 Å². The van der Waals surface area contributed by atoms with Crippen molar-refractivity contribution in [2.45, 2.75) is 13.0 Å². The van der Waals surface area contributed by atoms with Crippen molar-refractivity contribution in [1.29, 1.82) is 0 Å². The SMILES string of the molecule is c1cnc(CN2CCOC[C@H](Cc3ccc4[nH]ccc4c3)C2)cn1. The second kappa shape index (κ2) is 7.11. The molecule has 0 bridgehead atoms. The number of benzene rings is 1. The summed E-state index contributed by atoms with van der Waals surface area (Å²) in [6.45, 7) is 4.42. The molecule has 1 aliphatic heterocycles. The summed E-state index contributed by atoms with van der Waals surface area (Å²) in [5.74, 6) is 0.501. The maximum atomic E-state index is 5.84. The van der Waals surface area contributed by atoms with Crippen molar-refractivity contribution in [3.8, 4) is 0 Å². The quantitative estimate of drug-likeness (QED) is 0.802. The summed E-state index contributed by atoms with van der Waals surface area (Å²) < 4.78 is 5.84. The fourth-order valence-corrected chi connectivity index (χ4v) is 3.42. The number of hydrogen-bond donors (Lipinski definition) is 1. The molecule has 0 unspecified atom stereocenters. The molecule has 1 N–H and O–H groups in total. The molecule has 3 aromatic rings. The van der Waals surface area contributed by atoms with Gasteiger partial charge in [-0.05, 0) is 41.5 Å². The maximum Gasteiger partial charge on any atom is 0.0726 e. The van der Waals surface area contributed by atoms with Crippen LogP contribution in [-0.4, -0.2) is 46.2 Å². The van der Waals surface area contributed by atoms with Crippen molar-refractivity contribution >= 4 is 10.9 Å². The van der Waals surface area contributed by atoms with E-state index in [0.717, 1.165) is 45.0 Å². The zero-order chi connectivity index (χ0) is 16.2. The summed E-state index contributed by atoms with van der Waals surface area (Å²) in [7, 11) is 0. The summed E-state index contributed by atoms with van der Waals surface area (Å²) in [6.07, 6.45) is 8.35. The van der Waals surface area contributed by atoms with Crippen molar-refractivity contribution in [1.82, 2.24) is 19.9 Å². The highest BCUT2D eigenvalue weighted by Gasteiger charge is 2.19. The molecule has 0 aliphatic carbocycles. The van der Waals surface area contributed by atoms with Crippen LogP contribution in [0.15, 0.2) is 49.1 Å². The molecular formula is C19H22N4O. The van der Waals surface area contributed by atoms with Crippen molar-refractivity contribution < 1.29 is 4.74 Å². The van der Waals surface area contributed by atoms with Gasteiger partial charge in [0.1, 0.15) is 0 Å². The lowest BCUT2D eigenvalue weighted by Gasteiger charge is -2.23. The molecule has 5 heteroatoms. The first kappa shape index (κ1) is 15.3. The second-order valence-electron chi connectivity index (χ2n) is 6.48. The van der Waals surface area contributed by atoms with E-state index in [4.69, 9.17) is 4.74 Å². The lowest BCUT2D eigenvalue weighted by molar-refractivity contribution is 0.121. The van der Waals surface area contributed by atoms with Gasteiger partial charge in [0.15, 0.2) is 0 Å². The molecule has 1 saturated heterocycles. The minimum absolute atomic E-state index is 0.501. The number of nitrogens with zero attached hydrogens (tertiary/aromatic N) is 3. The van der Waals surface area contributed by atoms with Gasteiger partial charge in [-0.15, -0.1) is 0 Å². The summed E-state index contributed by atoms with van der Waals surface area (Å²) in [5, 5.41) is 1.28. The van der Waals surface area contributed by atoms with Crippen LogP contribution in [0.2, 0.25) is 0 Å². The standard InChI is InChI=1S/C19H22N4O/c1-2-19-17(3-4-22-19)10-15(1)9-16-12-23(7-8-24-14-16)13-18-11-20-5-6-21-18/h1-6,10-11,16,22H,7-9,12-14H2/t16-/m1/s1. The smallest absolute Gasteiger partial charge is 0.0726 e.